The minimum Gasteiger partial charge on any atom is -0.492 e. The van der Waals surface area contributed by atoms with Crippen molar-refractivity contribution in [1.82, 2.24) is 10.2 Å². The highest BCUT2D eigenvalue weighted by Gasteiger charge is 2.49. The first kappa shape index (κ1) is 19.0. The molecule has 1 atom stereocenters. The minimum atomic E-state index is -1.21. The van der Waals surface area contributed by atoms with E-state index in [1.165, 1.54) is 24.3 Å². The fourth-order valence-electron chi connectivity index (χ4n) is 3.36. The summed E-state index contributed by atoms with van der Waals surface area (Å²) in [6.07, 6.45) is 0.777. The lowest BCUT2D eigenvalue weighted by atomic mass is 9.91. The van der Waals surface area contributed by atoms with Gasteiger partial charge in [0.05, 0.1) is 19.8 Å². The van der Waals surface area contributed by atoms with Gasteiger partial charge in [0.25, 0.3) is 5.91 Å². The molecule has 7 nitrogen and oxygen atoms in total. The van der Waals surface area contributed by atoms with E-state index in [0.29, 0.717) is 36.0 Å². The first-order valence-corrected chi connectivity index (χ1v) is 9.40. The van der Waals surface area contributed by atoms with Crippen LogP contribution in [-0.4, -0.2) is 43.2 Å². The quantitative estimate of drug-likeness (QED) is 0.781. The topological polar surface area (TPSA) is 77.1 Å². The van der Waals surface area contributed by atoms with Crippen LogP contribution in [0.5, 0.6) is 17.2 Å². The van der Waals surface area contributed by atoms with Gasteiger partial charge in [0, 0.05) is 6.42 Å². The summed E-state index contributed by atoms with van der Waals surface area (Å²) in [6.45, 7) is 2.93. The number of imide groups is 1. The Labute approximate surface area is 167 Å². The molecule has 1 fully saturated rings. The van der Waals surface area contributed by atoms with Crippen LogP contribution in [0.3, 0.4) is 0 Å². The van der Waals surface area contributed by atoms with Crippen molar-refractivity contribution < 1.29 is 28.2 Å². The van der Waals surface area contributed by atoms with Gasteiger partial charge in [0.15, 0.2) is 11.5 Å². The number of ether oxygens (including phenoxy) is 3. The number of fused-ring (bicyclic) bond motifs is 1. The van der Waals surface area contributed by atoms with Crippen LogP contribution < -0.4 is 19.5 Å². The molecule has 1 N–H and O–H groups in total. The van der Waals surface area contributed by atoms with Gasteiger partial charge >= 0.3 is 6.03 Å². The van der Waals surface area contributed by atoms with Crippen LogP contribution in [0.25, 0.3) is 0 Å². The molecule has 2 aromatic rings. The summed E-state index contributed by atoms with van der Waals surface area (Å²) in [7, 11) is 0. The third-order valence-corrected chi connectivity index (χ3v) is 5.00. The highest BCUT2D eigenvalue weighted by Crippen LogP contribution is 2.36. The number of hydrogen-bond donors (Lipinski definition) is 1. The maximum absolute atomic E-state index is 13.0. The number of hydrogen-bond acceptors (Lipinski definition) is 5. The number of nitrogens with one attached hydrogen (secondary N) is 1. The molecule has 2 heterocycles. The molecule has 0 aromatic heterocycles. The van der Waals surface area contributed by atoms with Gasteiger partial charge in [0.1, 0.15) is 23.7 Å². The summed E-state index contributed by atoms with van der Waals surface area (Å²) in [5.41, 5.74) is -0.598. The van der Waals surface area contributed by atoms with Crippen molar-refractivity contribution in [2.75, 3.05) is 26.4 Å². The Morgan fingerprint density at radius 3 is 2.59 bits per heavy atom. The van der Waals surface area contributed by atoms with E-state index in [4.69, 9.17) is 14.2 Å². The second-order valence-electron chi connectivity index (χ2n) is 7.03. The number of carbonyl (C=O) groups excluding carboxylic acids is 2. The standard InChI is InChI=1S/C21H21FN2O5/c1-21(14-3-8-17-18(13-14)29-11-2-10-28-17)19(25)24(20(26)23-21)9-12-27-16-6-4-15(22)5-7-16/h3-8,13H,2,9-12H2,1H3,(H,23,26)/t21-/m1/s1. The molecule has 0 unspecified atom stereocenters. The fraction of sp³-hybridized carbons (Fsp3) is 0.333. The first-order valence-electron chi connectivity index (χ1n) is 9.40. The molecule has 2 aromatic carbocycles. The molecule has 29 heavy (non-hydrogen) atoms. The molecule has 2 aliphatic rings. The molecule has 0 aliphatic carbocycles. The zero-order chi connectivity index (χ0) is 20.4. The number of rotatable bonds is 5. The van der Waals surface area contributed by atoms with Gasteiger partial charge in [-0.1, -0.05) is 6.07 Å². The Bertz CT molecular complexity index is 933. The second kappa shape index (κ2) is 7.62. The van der Waals surface area contributed by atoms with E-state index in [2.05, 4.69) is 5.32 Å². The molecule has 1 saturated heterocycles. The van der Waals surface area contributed by atoms with Crippen LogP contribution >= 0.6 is 0 Å². The zero-order valence-electron chi connectivity index (χ0n) is 15.9. The number of benzene rings is 2. The molecule has 152 valence electrons. The van der Waals surface area contributed by atoms with Gasteiger partial charge in [-0.3, -0.25) is 9.69 Å². The minimum absolute atomic E-state index is 0.0716. The Balaban J connectivity index is 1.46. The van der Waals surface area contributed by atoms with E-state index in [1.807, 2.05) is 0 Å². The van der Waals surface area contributed by atoms with E-state index in [0.717, 1.165) is 11.3 Å². The third-order valence-electron chi connectivity index (χ3n) is 5.00. The lowest BCUT2D eigenvalue weighted by Gasteiger charge is -2.23. The van der Waals surface area contributed by atoms with Gasteiger partial charge in [0.2, 0.25) is 0 Å². The Kier molecular flexibility index (Phi) is 5.00. The summed E-state index contributed by atoms with van der Waals surface area (Å²) in [4.78, 5) is 26.6. The maximum Gasteiger partial charge on any atom is 0.325 e. The smallest absolute Gasteiger partial charge is 0.325 e. The van der Waals surface area contributed by atoms with Gasteiger partial charge in [-0.05, 0) is 48.9 Å². The largest absolute Gasteiger partial charge is 0.492 e. The zero-order valence-corrected chi connectivity index (χ0v) is 15.9. The van der Waals surface area contributed by atoms with Crippen molar-refractivity contribution in [3.05, 3.63) is 53.8 Å². The lowest BCUT2D eigenvalue weighted by Crippen LogP contribution is -2.41. The van der Waals surface area contributed by atoms with Crippen LogP contribution in [-0.2, 0) is 10.3 Å². The molecule has 8 heteroatoms. The molecule has 0 radical (unpaired) electrons. The Morgan fingerprint density at radius 2 is 1.83 bits per heavy atom. The summed E-state index contributed by atoms with van der Waals surface area (Å²) in [6, 6.07) is 10.3. The monoisotopic (exact) mass is 400 g/mol. The van der Waals surface area contributed by atoms with Crippen LogP contribution in [0.2, 0.25) is 0 Å². The SMILES string of the molecule is C[C@]1(c2ccc3c(c2)OCCCO3)NC(=O)N(CCOc2ccc(F)cc2)C1=O. The van der Waals surface area contributed by atoms with Crippen LogP contribution in [0.15, 0.2) is 42.5 Å². The molecule has 2 aliphatic heterocycles. The summed E-state index contributed by atoms with van der Waals surface area (Å²) < 4.78 is 29.8. The van der Waals surface area contributed by atoms with Gasteiger partial charge < -0.3 is 19.5 Å². The van der Waals surface area contributed by atoms with Crippen molar-refractivity contribution in [1.29, 1.82) is 0 Å². The molecule has 4 rings (SSSR count). The van der Waals surface area contributed by atoms with Crippen molar-refractivity contribution in [3.63, 3.8) is 0 Å². The number of urea groups is 1. The number of carbonyl (C=O) groups is 2. The molecule has 0 spiro atoms. The van der Waals surface area contributed by atoms with Crippen molar-refractivity contribution in [2.45, 2.75) is 18.9 Å². The normalized spacial score (nSPS) is 21.0. The summed E-state index contributed by atoms with van der Waals surface area (Å²) in [5.74, 6) is 0.902. The van der Waals surface area contributed by atoms with Crippen molar-refractivity contribution in [2.24, 2.45) is 0 Å². The Hall–Kier alpha value is -3.29. The molecule has 0 saturated carbocycles. The van der Waals surface area contributed by atoms with E-state index >= 15 is 0 Å². The van der Waals surface area contributed by atoms with Crippen LogP contribution in [0.1, 0.15) is 18.9 Å². The predicted molar refractivity (Wildman–Crippen MR) is 102 cm³/mol. The van der Waals surface area contributed by atoms with E-state index in [-0.39, 0.29) is 24.9 Å². The van der Waals surface area contributed by atoms with Gasteiger partial charge in [-0.25, -0.2) is 9.18 Å². The summed E-state index contributed by atoms with van der Waals surface area (Å²) in [5, 5.41) is 2.76. The molecule has 3 amide bonds. The van der Waals surface area contributed by atoms with Crippen molar-refractivity contribution in [3.8, 4) is 17.2 Å². The first-order chi connectivity index (χ1) is 14.0. The van der Waals surface area contributed by atoms with Crippen LogP contribution in [0, 0.1) is 5.82 Å². The maximum atomic E-state index is 13.0. The van der Waals surface area contributed by atoms with E-state index in [9.17, 15) is 14.0 Å². The second-order valence-corrected chi connectivity index (χ2v) is 7.03. The van der Waals surface area contributed by atoms with Gasteiger partial charge in [-0.15, -0.1) is 0 Å². The average molecular weight is 400 g/mol. The van der Waals surface area contributed by atoms with Gasteiger partial charge in [-0.2, -0.15) is 0 Å². The fourth-order valence-corrected chi connectivity index (χ4v) is 3.36. The Morgan fingerprint density at radius 1 is 1.10 bits per heavy atom. The highest BCUT2D eigenvalue weighted by molar-refractivity contribution is 6.07. The molecular weight excluding hydrogens is 379 g/mol. The number of nitrogens with zero attached hydrogens (tertiary/aromatic N) is 1. The highest BCUT2D eigenvalue weighted by atomic mass is 19.1. The lowest BCUT2D eigenvalue weighted by molar-refractivity contribution is -0.131. The molecular formula is C21H21FN2O5. The molecule has 0 bridgehead atoms. The van der Waals surface area contributed by atoms with E-state index < -0.39 is 11.6 Å². The van der Waals surface area contributed by atoms with Crippen LogP contribution in [0.4, 0.5) is 9.18 Å². The average Bonchev–Trinajstić information content (AvgIpc) is 2.87. The van der Waals surface area contributed by atoms with Crippen molar-refractivity contribution >= 4 is 11.9 Å². The van der Waals surface area contributed by atoms with E-state index in [1.54, 1.807) is 25.1 Å². The third kappa shape index (κ3) is 3.70. The summed E-state index contributed by atoms with van der Waals surface area (Å²) >= 11 is 0. The number of amides is 3. The predicted octanol–water partition coefficient (Wildman–Crippen LogP) is 2.83. The number of halogens is 1.